The first-order valence-electron chi connectivity index (χ1n) is 10.1. The van der Waals surface area contributed by atoms with Crippen LogP contribution in [-0.2, 0) is 18.5 Å². The summed E-state index contributed by atoms with van der Waals surface area (Å²) >= 11 is 0. The third-order valence-corrected chi connectivity index (χ3v) is 4.15. The van der Waals surface area contributed by atoms with Crippen LogP contribution in [0.3, 0.4) is 0 Å². The summed E-state index contributed by atoms with van der Waals surface area (Å²) in [5.74, 6) is 3.69. The zero-order valence-electron chi connectivity index (χ0n) is 18.5. The first-order valence-corrected chi connectivity index (χ1v) is 10.1. The molecule has 2 N–H and O–H groups in total. The molecule has 0 amide bonds. The molecular formula is C22H34N4O3. The average Bonchev–Trinajstić information content (AvgIpc) is 3.18. The molecular weight excluding hydrogens is 368 g/mol. The molecule has 160 valence electrons. The summed E-state index contributed by atoms with van der Waals surface area (Å²) < 4.78 is 17.0. The molecule has 0 saturated heterocycles. The van der Waals surface area contributed by atoms with E-state index in [1.165, 1.54) is 0 Å². The highest BCUT2D eigenvalue weighted by Crippen LogP contribution is 2.28. The lowest BCUT2D eigenvalue weighted by atomic mass is 9.94. The molecule has 0 unspecified atom stereocenters. The van der Waals surface area contributed by atoms with E-state index in [9.17, 15) is 0 Å². The number of benzene rings is 1. The number of guanidine groups is 1. The van der Waals surface area contributed by atoms with E-state index in [-0.39, 0.29) is 5.41 Å². The van der Waals surface area contributed by atoms with Crippen LogP contribution in [0.2, 0.25) is 0 Å². The minimum Gasteiger partial charge on any atom is -0.493 e. The molecule has 0 radical (unpaired) electrons. The van der Waals surface area contributed by atoms with Crippen LogP contribution >= 0.6 is 0 Å². The van der Waals surface area contributed by atoms with Gasteiger partial charge < -0.3 is 24.5 Å². The van der Waals surface area contributed by atoms with Gasteiger partial charge in [-0.05, 0) is 31.0 Å². The molecule has 0 aliphatic carbocycles. The Kier molecular flexibility index (Phi) is 8.36. The highest BCUT2D eigenvalue weighted by atomic mass is 16.5. The Hall–Kier alpha value is -2.70. The Labute approximate surface area is 173 Å². The second-order valence-corrected chi connectivity index (χ2v) is 7.75. The van der Waals surface area contributed by atoms with Gasteiger partial charge in [-0.3, -0.25) is 0 Å². The van der Waals surface area contributed by atoms with Crippen LogP contribution in [0.25, 0.3) is 0 Å². The van der Waals surface area contributed by atoms with Crippen molar-refractivity contribution in [3.05, 3.63) is 41.6 Å². The highest BCUT2D eigenvalue weighted by molar-refractivity contribution is 5.79. The monoisotopic (exact) mass is 402 g/mol. The van der Waals surface area contributed by atoms with Crippen molar-refractivity contribution < 1.29 is 13.9 Å². The van der Waals surface area contributed by atoms with Gasteiger partial charge in [0.1, 0.15) is 5.76 Å². The van der Waals surface area contributed by atoms with Crippen LogP contribution in [-0.4, -0.2) is 31.2 Å². The number of aromatic nitrogens is 1. The Morgan fingerprint density at radius 3 is 2.59 bits per heavy atom. The van der Waals surface area contributed by atoms with Crippen molar-refractivity contribution in [3.63, 3.8) is 0 Å². The molecule has 7 heteroatoms. The molecule has 1 heterocycles. The molecule has 0 aliphatic rings. The second-order valence-electron chi connectivity index (χ2n) is 7.75. The summed E-state index contributed by atoms with van der Waals surface area (Å²) in [5, 5.41) is 6.51. The largest absolute Gasteiger partial charge is 0.493 e. The van der Waals surface area contributed by atoms with Crippen molar-refractivity contribution in [2.45, 2.75) is 59.5 Å². The minimum absolute atomic E-state index is 0.0596. The number of hydrogen-bond donors (Lipinski definition) is 2. The molecule has 7 nitrogen and oxygen atoms in total. The number of nitrogens with zero attached hydrogens (tertiary/aromatic N) is 2. The van der Waals surface area contributed by atoms with Gasteiger partial charge in [-0.15, -0.1) is 0 Å². The predicted molar refractivity (Wildman–Crippen MR) is 116 cm³/mol. The molecule has 2 rings (SSSR count). The fraction of sp³-hybridized carbons (Fsp3) is 0.545. The molecule has 1 aromatic heterocycles. The van der Waals surface area contributed by atoms with Crippen molar-refractivity contribution in [1.82, 2.24) is 15.6 Å². The lowest BCUT2D eigenvalue weighted by molar-refractivity contribution is 0.294. The van der Waals surface area contributed by atoms with Gasteiger partial charge in [0, 0.05) is 12.0 Å². The van der Waals surface area contributed by atoms with Gasteiger partial charge in [0.15, 0.2) is 17.5 Å². The van der Waals surface area contributed by atoms with Gasteiger partial charge in [0.25, 0.3) is 0 Å². The Bertz CT molecular complexity index is 794. The predicted octanol–water partition coefficient (Wildman–Crippen LogP) is 4.02. The number of oxazole rings is 1. The molecule has 0 saturated carbocycles. The molecule has 0 aliphatic heterocycles. The minimum atomic E-state index is -0.0596. The summed E-state index contributed by atoms with van der Waals surface area (Å²) in [6, 6.07) is 5.90. The van der Waals surface area contributed by atoms with Crippen molar-refractivity contribution in [1.29, 1.82) is 0 Å². The standard InChI is InChI=1S/C22H34N4O3/c1-7-11-28-17-10-9-16(12-18(17)27-6)13-25-21(23-8-2)26-15-20-24-14-19(29-20)22(3,4)5/h9-10,12,14H,7-8,11,13,15H2,1-6H3,(H2,23,25,26). The maximum Gasteiger partial charge on any atom is 0.213 e. The maximum atomic E-state index is 5.83. The summed E-state index contributed by atoms with van der Waals surface area (Å²) in [5.41, 5.74) is 0.977. The zero-order chi connectivity index (χ0) is 21.3. The Morgan fingerprint density at radius 2 is 1.97 bits per heavy atom. The number of rotatable bonds is 9. The SMILES string of the molecule is CCCOc1ccc(CN=C(NCC)NCc2ncc(C(C)(C)C)o2)cc1OC. The fourth-order valence-corrected chi connectivity index (χ4v) is 2.55. The van der Waals surface area contributed by atoms with E-state index in [0.717, 1.165) is 35.8 Å². The Balaban J connectivity index is 2.02. The number of methoxy groups -OCH3 is 1. The van der Waals surface area contributed by atoms with Gasteiger partial charge in [-0.1, -0.05) is 33.8 Å². The van der Waals surface area contributed by atoms with E-state index in [1.54, 1.807) is 13.3 Å². The zero-order valence-corrected chi connectivity index (χ0v) is 18.5. The van der Waals surface area contributed by atoms with E-state index in [4.69, 9.17) is 13.9 Å². The van der Waals surface area contributed by atoms with Crippen molar-refractivity contribution in [2.24, 2.45) is 4.99 Å². The van der Waals surface area contributed by atoms with Crippen LogP contribution in [0.15, 0.2) is 33.8 Å². The van der Waals surface area contributed by atoms with Gasteiger partial charge in [0.2, 0.25) is 5.89 Å². The Morgan fingerprint density at radius 1 is 1.17 bits per heavy atom. The van der Waals surface area contributed by atoms with E-state index in [2.05, 4.69) is 48.3 Å². The van der Waals surface area contributed by atoms with Crippen molar-refractivity contribution in [2.75, 3.05) is 20.3 Å². The maximum absolute atomic E-state index is 5.83. The molecule has 1 aromatic carbocycles. The normalized spacial score (nSPS) is 12.0. The van der Waals surface area contributed by atoms with E-state index in [1.807, 2.05) is 25.1 Å². The molecule has 0 fully saturated rings. The van der Waals surface area contributed by atoms with E-state index < -0.39 is 0 Å². The van der Waals surface area contributed by atoms with Crippen molar-refractivity contribution in [3.8, 4) is 11.5 Å². The number of aliphatic imine (C=N–C) groups is 1. The number of hydrogen-bond acceptors (Lipinski definition) is 5. The molecule has 2 aromatic rings. The first-order chi connectivity index (χ1) is 13.9. The van der Waals surface area contributed by atoms with Crippen LogP contribution in [0.4, 0.5) is 0 Å². The topological polar surface area (TPSA) is 80.9 Å². The first kappa shape index (κ1) is 22.6. The molecule has 0 atom stereocenters. The van der Waals surface area contributed by atoms with Gasteiger partial charge in [-0.25, -0.2) is 9.98 Å². The quantitative estimate of drug-likeness (QED) is 0.487. The summed E-state index contributed by atoms with van der Waals surface area (Å²) in [6.45, 7) is 12.8. The smallest absolute Gasteiger partial charge is 0.213 e. The van der Waals surface area contributed by atoms with E-state index >= 15 is 0 Å². The second kappa shape index (κ2) is 10.7. The van der Waals surface area contributed by atoms with Crippen LogP contribution < -0.4 is 20.1 Å². The van der Waals surface area contributed by atoms with Gasteiger partial charge in [-0.2, -0.15) is 0 Å². The van der Waals surface area contributed by atoms with Crippen LogP contribution in [0.1, 0.15) is 58.3 Å². The average molecular weight is 403 g/mol. The van der Waals surface area contributed by atoms with Crippen LogP contribution in [0.5, 0.6) is 11.5 Å². The number of nitrogens with one attached hydrogen (secondary N) is 2. The third kappa shape index (κ3) is 7.00. The highest BCUT2D eigenvalue weighted by Gasteiger charge is 2.19. The van der Waals surface area contributed by atoms with Gasteiger partial charge in [0.05, 0.1) is 33.0 Å². The van der Waals surface area contributed by atoms with E-state index in [0.29, 0.717) is 31.5 Å². The summed E-state index contributed by atoms with van der Waals surface area (Å²) in [4.78, 5) is 9.00. The van der Waals surface area contributed by atoms with Crippen LogP contribution in [0, 0.1) is 0 Å². The molecule has 29 heavy (non-hydrogen) atoms. The van der Waals surface area contributed by atoms with Gasteiger partial charge >= 0.3 is 0 Å². The fourth-order valence-electron chi connectivity index (χ4n) is 2.55. The third-order valence-electron chi connectivity index (χ3n) is 4.15. The van der Waals surface area contributed by atoms with Crippen molar-refractivity contribution >= 4 is 5.96 Å². The molecule has 0 bridgehead atoms. The summed E-state index contributed by atoms with van der Waals surface area (Å²) in [7, 11) is 1.65. The summed E-state index contributed by atoms with van der Waals surface area (Å²) in [6.07, 6.45) is 2.74. The molecule has 0 spiro atoms. The number of ether oxygens (including phenoxy) is 2. The lowest BCUT2D eigenvalue weighted by Crippen LogP contribution is -2.36. The lowest BCUT2D eigenvalue weighted by Gasteiger charge is -2.13.